The molecule has 3 atom stereocenters. The molecular weight excluding hydrogens is 350 g/mol. The van der Waals surface area contributed by atoms with Crippen LogP contribution in [-0.4, -0.2) is 24.0 Å². The lowest BCUT2D eigenvalue weighted by atomic mass is 9.95. The van der Waals surface area contributed by atoms with E-state index in [9.17, 15) is 4.79 Å². The van der Waals surface area contributed by atoms with Crippen LogP contribution in [0.5, 0.6) is 0 Å². The molecule has 28 heavy (non-hydrogen) atoms. The highest BCUT2D eigenvalue weighted by atomic mass is 16.3. The first-order valence-electron chi connectivity index (χ1n) is 9.84. The number of para-hydroxylation sites is 2. The van der Waals surface area contributed by atoms with Crippen LogP contribution in [0, 0.1) is 0 Å². The van der Waals surface area contributed by atoms with Gasteiger partial charge in [0.2, 0.25) is 0 Å². The average Bonchev–Trinajstić information content (AvgIpc) is 3.46. The molecule has 2 saturated heterocycles. The summed E-state index contributed by atoms with van der Waals surface area (Å²) in [4.78, 5) is 12.6. The molecule has 142 valence electrons. The van der Waals surface area contributed by atoms with E-state index in [2.05, 4.69) is 16.0 Å². The molecule has 2 fully saturated rings. The Hall–Kier alpha value is -3.05. The van der Waals surface area contributed by atoms with Gasteiger partial charge < -0.3 is 20.4 Å². The van der Waals surface area contributed by atoms with E-state index >= 15 is 0 Å². The van der Waals surface area contributed by atoms with Gasteiger partial charge in [0.25, 0.3) is 5.91 Å². The molecule has 3 N–H and O–H groups in total. The van der Waals surface area contributed by atoms with E-state index in [1.807, 2.05) is 60.7 Å². The van der Waals surface area contributed by atoms with Crippen molar-refractivity contribution in [1.29, 1.82) is 0 Å². The van der Waals surface area contributed by atoms with Crippen LogP contribution in [0.3, 0.4) is 0 Å². The molecule has 2 bridgehead atoms. The van der Waals surface area contributed by atoms with Gasteiger partial charge in [-0.25, -0.2) is 0 Å². The van der Waals surface area contributed by atoms with Crippen molar-refractivity contribution in [2.45, 2.75) is 37.4 Å². The van der Waals surface area contributed by atoms with Gasteiger partial charge in [-0.15, -0.1) is 0 Å². The second-order valence-electron chi connectivity index (χ2n) is 7.56. The van der Waals surface area contributed by atoms with Gasteiger partial charge in [0.1, 0.15) is 5.76 Å². The monoisotopic (exact) mass is 373 g/mol. The smallest absolute Gasteiger partial charge is 0.287 e. The van der Waals surface area contributed by atoms with E-state index in [4.69, 9.17) is 4.42 Å². The second-order valence-corrected chi connectivity index (χ2v) is 7.56. The Morgan fingerprint density at radius 3 is 2.57 bits per heavy atom. The molecule has 2 aliphatic heterocycles. The number of rotatable bonds is 5. The predicted molar refractivity (Wildman–Crippen MR) is 110 cm³/mol. The lowest BCUT2D eigenvalue weighted by Gasteiger charge is -2.20. The van der Waals surface area contributed by atoms with Gasteiger partial charge in [0.05, 0.1) is 0 Å². The molecule has 0 spiro atoms. The Bertz CT molecular complexity index is 982. The molecule has 3 aromatic rings. The molecule has 2 aromatic carbocycles. The number of benzene rings is 2. The van der Waals surface area contributed by atoms with E-state index in [1.54, 1.807) is 6.07 Å². The van der Waals surface area contributed by atoms with Crippen LogP contribution in [0.1, 0.15) is 29.8 Å². The molecule has 5 heteroatoms. The summed E-state index contributed by atoms with van der Waals surface area (Å²) in [7, 11) is 0. The van der Waals surface area contributed by atoms with Crippen molar-refractivity contribution in [1.82, 2.24) is 10.6 Å². The summed E-state index contributed by atoms with van der Waals surface area (Å²) >= 11 is 0. The Morgan fingerprint density at radius 1 is 0.964 bits per heavy atom. The molecule has 0 saturated carbocycles. The Kier molecular flexibility index (Phi) is 4.37. The SMILES string of the molecule is O=C(NC1CC2CCC1N2)c1ccc(-c2ccccc2Nc2ccccc2)o1. The summed E-state index contributed by atoms with van der Waals surface area (Å²) < 4.78 is 5.93. The predicted octanol–water partition coefficient (Wildman–Crippen LogP) is 4.31. The molecule has 0 aliphatic carbocycles. The maximum absolute atomic E-state index is 12.6. The van der Waals surface area contributed by atoms with Gasteiger partial charge in [0, 0.05) is 35.1 Å². The summed E-state index contributed by atoms with van der Waals surface area (Å²) in [5.41, 5.74) is 2.86. The molecule has 1 aromatic heterocycles. The Morgan fingerprint density at radius 2 is 1.79 bits per heavy atom. The van der Waals surface area contributed by atoms with E-state index in [-0.39, 0.29) is 11.9 Å². The normalized spacial score (nSPS) is 22.9. The summed E-state index contributed by atoms with van der Waals surface area (Å²) in [5, 5.41) is 10.1. The maximum atomic E-state index is 12.6. The summed E-state index contributed by atoms with van der Waals surface area (Å²) in [6.45, 7) is 0. The molecule has 5 nitrogen and oxygen atoms in total. The molecule has 1 amide bonds. The second kappa shape index (κ2) is 7.17. The number of anilines is 2. The third kappa shape index (κ3) is 3.29. The summed E-state index contributed by atoms with van der Waals surface area (Å²) in [6.07, 6.45) is 3.36. The summed E-state index contributed by atoms with van der Waals surface area (Å²) in [6, 6.07) is 22.7. The zero-order valence-electron chi connectivity index (χ0n) is 15.5. The van der Waals surface area contributed by atoms with Crippen molar-refractivity contribution in [2.24, 2.45) is 0 Å². The number of carbonyl (C=O) groups excluding carboxylic acids is 1. The standard InChI is InChI=1S/C23H23N3O2/c27-23(26-20-14-16-10-11-19(20)25-16)22-13-12-21(28-22)17-8-4-5-9-18(17)24-15-6-2-1-3-7-15/h1-9,12-13,16,19-20,24-25H,10-11,14H2,(H,26,27). The highest BCUT2D eigenvalue weighted by Gasteiger charge is 2.40. The van der Waals surface area contributed by atoms with Gasteiger partial charge in [-0.05, 0) is 55.7 Å². The van der Waals surface area contributed by atoms with Crippen LogP contribution < -0.4 is 16.0 Å². The van der Waals surface area contributed by atoms with Crippen LogP contribution in [0.15, 0.2) is 71.1 Å². The van der Waals surface area contributed by atoms with Crippen LogP contribution in [0.4, 0.5) is 11.4 Å². The van der Waals surface area contributed by atoms with Gasteiger partial charge in [0.15, 0.2) is 5.76 Å². The van der Waals surface area contributed by atoms with Gasteiger partial charge >= 0.3 is 0 Å². The molecule has 3 unspecified atom stereocenters. The van der Waals surface area contributed by atoms with Gasteiger partial charge in [-0.2, -0.15) is 0 Å². The van der Waals surface area contributed by atoms with Crippen LogP contribution in [-0.2, 0) is 0 Å². The lowest BCUT2D eigenvalue weighted by molar-refractivity contribution is 0.0903. The quantitative estimate of drug-likeness (QED) is 0.623. The van der Waals surface area contributed by atoms with Gasteiger partial charge in [-0.1, -0.05) is 30.3 Å². The van der Waals surface area contributed by atoms with Crippen LogP contribution in [0.25, 0.3) is 11.3 Å². The minimum atomic E-state index is -0.140. The van der Waals surface area contributed by atoms with Crippen LogP contribution in [0.2, 0.25) is 0 Å². The Labute approximate surface area is 164 Å². The first-order chi connectivity index (χ1) is 13.8. The first kappa shape index (κ1) is 17.1. The van der Waals surface area contributed by atoms with E-state index in [0.717, 1.165) is 29.8 Å². The number of furan rings is 1. The number of amides is 1. The molecule has 2 aliphatic rings. The number of nitrogens with one attached hydrogen (secondary N) is 3. The third-order valence-electron chi connectivity index (χ3n) is 5.69. The molecule has 0 radical (unpaired) electrons. The zero-order chi connectivity index (χ0) is 18.9. The number of hydrogen-bond acceptors (Lipinski definition) is 4. The maximum Gasteiger partial charge on any atom is 0.287 e. The van der Waals surface area contributed by atoms with Gasteiger partial charge in [-0.3, -0.25) is 4.79 Å². The van der Waals surface area contributed by atoms with Crippen molar-refractivity contribution >= 4 is 17.3 Å². The molecule has 5 rings (SSSR count). The summed E-state index contributed by atoms with van der Waals surface area (Å²) in [5.74, 6) is 0.890. The fourth-order valence-corrected chi connectivity index (χ4v) is 4.31. The van der Waals surface area contributed by atoms with Crippen molar-refractivity contribution in [3.05, 3.63) is 72.5 Å². The molecule has 3 heterocycles. The van der Waals surface area contributed by atoms with Crippen molar-refractivity contribution in [2.75, 3.05) is 5.32 Å². The van der Waals surface area contributed by atoms with E-state index < -0.39 is 0 Å². The fraction of sp³-hybridized carbons (Fsp3) is 0.261. The minimum Gasteiger partial charge on any atom is -0.451 e. The highest BCUT2D eigenvalue weighted by Crippen LogP contribution is 2.32. The van der Waals surface area contributed by atoms with E-state index in [1.165, 1.54) is 6.42 Å². The topological polar surface area (TPSA) is 66.3 Å². The minimum absolute atomic E-state index is 0.140. The van der Waals surface area contributed by atoms with Crippen molar-refractivity contribution in [3.8, 4) is 11.3 Å². The Balaban J connectivity index is 1.34. The molecular formula is C23H23N3O2. The fourth-order valence-electron chi connectivity index (χ4n) is 4.31. The van der Waals surface area contributed by atoms with E-state index in [0.29, 0.717) is 23.6 Å². The number of hydrogen-bond donors (Lipinski definition) is 3. The largest absolute Gasteiger partial charge is 0.451 e. The average molecular weight is 373 g/mol. The number of carbonyl (C=O) groups is 1. The zero-order valence-corrected chi connectivity index (χ0v) is 15.5. The number of fused-ring (bicyclic) bond motifs is 2. The van der Waals surface area contributed by atoms with Crippen LogP contribution >= 0.6 is 0 Å². The highest BCUT2D eigenvalue weighted by molar-refractivity contribution is 5.92. The lowest BCUT2D eigenvalue weighted by Crippen LogP contribution is -2.42. The third-order valence-corrected chi connectivity index (χ3v) is 5.69. The van der Waals surface area contributed by atoms with Crippen molar-refractivity contribution in [3.63, 3.8) is 0 Å². The van der Waals surface area contributed by atoms with Crippen molar-refractivity contribution < 1.29 is 9.21 Å². The first-order valence-corrected chi connectivity index (χ1v) is 9.84.